The number of carbonyl (C=O) groups excluding carboxylic acids is 1. The van der Waals surface area contributed by atoms with Gasteiger partial charge in [0.2, 0.25) is 5.91 Å². The Morgan fingerprint density at radius 1 is 1.35 bits per heavy atom. The van der Waals surface area contributed by atoms with Gasteiger partial charge in [-0.3, -0.25) is 4.79 Å². The number of carbonyl (C=O) groups is 1. The molecular weight excluding hydrogens is 223 g/mol. The molecule has 0 aliphatic carbocycles. The van der Waals surface area contributed by atoms with E-state index in [1.54, 1.807) is 0 Å². The van der Waals surface area contributed by atoms with Crippen molar-refractivity contribution in [1.29, 1.82) is 0 Å². The third kappa shape index (κ3) is 1.35. The maximum atomic E-state index is 13.5. The van der Waals surface area contributed by atoms with Crippen molar-refractivity contribution < 1.29 is 13.9 Å². The van der Waals surface area contributed by atoms with Crippen LogP contribution in [0.4, 0.5) is 15.8 Å². The van der Waals surface area contributed by atoms with E-state index in [4.69, 9.17) is 10.5 Å². The van der Waals surface area contributed by atoms with Crippen LogP contribution in [-0.4, -0.2) is 19.1 Å². The molecule has 1 spiro atoms. The van der Waals surface area contributed by atoms with Gasteiger partial charge in [-0.1, -0.05) is 0 Å². The van der Waals surface area contributed by atoms with Crippen molar-refractivity contribution in [2.45, 2.75) is 18.3 Å². The number of ether oxygens (including phenoxy) is 1. The summed E-state index contributed by atoms with van der Waals surface area (Å²) in [5, 5.41) is 2.78. The first kappa shape index (κ1) is 10.5. The quantitative estimate of drug-likeness (QED) is 0.669. The van der Waals surface area contributed by atoms with Crippen LogP contribution in [0.3, 0.4) is 0 Å². The summed E-state index contributed by atoms with van der Waals surface area (Å²) >= 11 is 0. The average molecular weight is 236 g/mol. The van der Waals surface area contributed by atoms with Crippen LogP contribution in [-0.2, 0) is 14.9 Å². The van der Waals surface area contributed by atoms with Gasteiger partial charge in [0.05, 0.1) is 11.1 Å². The molecule has 0 atom stereocenters. The van der Waals surface area contributed by atoms with Crippen LogP contribution in [0.15, 0.2) is 12.1 Å². The number of hydrogen-bond donors (Lipinski definition) is 2. The van der Waals surface area contributed by atoms with Gasteiger partial charge in [-0.2, -0.15) is 0 Å². The number of benzene rings is 1. The Balaban J connectivity index is 2.15. The monoisotopic (exact) mass is 236 g/mol. The van der Waals surface area contributed by atoms with E-state index in [9.17, 15) is 9.18 Å². The molecule has 1 amide bonds. The van der Waals surface area contributed by atoms with Gasteiger partial charge in [-0.25, -0.2) is 4.39 Å². The van der Waals surface area contributed by atoms with Crippen molar-refractivity contribution in [2.24, 2.45) is 0 Å². The molecule has 0 bridgehead atoms. The highest BCUT2D eigenvalue weighted by Crippen LogP contribution is 2.45. The van der Waals surface area contributed by atoms with E-state index in [-0.39, 0.29) is 11.6 Å². The van der Waals surface area contributed by atoms with Crippen LogP contribution < -0.4 is 11.1 Å². The lowest BCUT2D eigenvalue weighted by atomic mass is 9.75. The smallest absolute Gasteiger partial charge is 0.235 e. The number of nitrogen functional groups attached to an aromatic ring is 1. The van der Waals surface area contributed by atoms with Gasteiger partial charge in [0.15, 0.2) is 0 Å². The van der Waals surface area contributed by atoms with Gasteiger partial charge in [0, 0.05) is 18.9 Å². The predicted octanol–water partition coefficient (Wildman–Crippen LogP) is 1.41. The Bertz CT molecular complexity index is 496. The molecule has 1 saturated heterocycles. The maximum absolute atomic E-state index is 13.5. The maximum Gasteiger partial charge on any atom is 0.235 e. The molecule has 1 aromatic rings. The van der Waals surface area contributed by atoms with Crippen molar-refractivity contribution in [3.8, 4) is 0 Å². The normalized spacial score (nSPS) is 21.4. The van der Waals surface area contributed by atoms with Crippen LogP contribution in [0.2, 0.25) is 0 Å². The van der Waals surface area contributed by atoms with Crippen LogP contribution in [0.5, 0.6) is 0 Å². The highest BCUT2D eigenvalue weighted by Gasteiger charge is 2.47. The SMILES string of the molecule is Nc1cc2c(cc1F)C1(CCOCC1)C(=O)N2. The van der Waals surface area contributed by atoms with E-state index in [1.807, 2.05) is 0 Å². The van der Waals surface area contributed by atoms with Gasteiger partial charge >= 0.3 is 0 Å². The van der Waals surface area contributed by atoms with Gasteiger partial charge in [-0.05, 0) is 30.5 Å². The Labute approximate surface area is 97.9 Å². The fourth-order valence-electron chi connectivity index (χ4n) is 2.67. The van der Waals surface area contributed by atoms with Crippen molar-refractivity contribution >= 4 is 17.3 Å². The molecule has 4 nitrogen and oxygen atoms in total. The summed E-state index contributed by atoms with van der Waals surface area (Å²) in [6.45, 7) is 1.05. The lowest BCUT2D eigenvalue weighted by Gasteiger charge is -2.31. The van der Waals surface area contributed by atoms with E-state index in [0.717, 1.165) is 5.56 Å². The van der Waals surface area contributed by atoms with Crippen molar-refractivity contribution in [2.75, 3.05) is 24.3 Å². The average Bonchev–Trinajstić information content (AvgIpc) is 2.56. The number of halogens is 1. The number of nitrogens with one attached hydrogen (secondary N) is 1. The summed E-state index contributed by atoms with van der Waals surface area (Å²) in [6.07, 6.45) is 1.18. The molecule has 2 aliphatic rings. The number of fused-ring (bicyclic) bond motifs is 2. The van der Waals surface area contributed by atoms with Crippen molar-refractivity contribution in [1.82, 2.24) is 0 Å². The molecule has 17 heavy (non-hydrogen) atoms. The molecule has 2 aliphatic heterocycles. The number of rotatable bonds is 0. The predicted molar refractivity (Wildman–Crippen MR) is 61.2 cm³/mol. The molecular formula is C12H13FN2O2. The van der Waals surface area contributed by atoms with Gasteiger partial charge < -0.3 is 15.8 Å². The zero-order chi connectivity index (χ0) is 12.0. The highest BCUT2D eigenvalue weighted by atomic mass is 19.1. The topological polar surface area (TPSA) is 64.3 Å². The summed E-state index contributed by atoms with van der Waals surface area (Å²) in [7, 11) is 0. The third-order valence-electron chi connectivity index (χ3n) is 3.68. The second kappa shape index (κ2) is 3.43. The third-order valence-corrected chi connectivity index (χ3v) is 3.68. The minimum absolute atomic E-state index is 0.0631. The Morgan fingerprint density at radius 3 is 2.76 bits per heavy atom. The second-order valence-corrected chi connectivity index (χ2v) is 4.57. The molecule has 0 unspecified atom stereocenters. The van der Waals surface area contributed by atoms with E-state index >= 15 is 0 Å². The summed E-state index contributed by atoms with van der Waals surface area (Å²) in [5.41, 5.74) is 6.30. The second-order valence-electron chi connectivity index (χ2n) is 4.57. The molecule has 0 saturated carbocycles. The summed E-state index contributed by atoms with van der Waals surface area (Å²) < 4.78 is 18.8. The number of hydrogen-bond acceptors (Lipinski definition) is 3. The fraction of sp³-hybridized carbons (Fsp3) is 0.417. The highest BCUT2D eigenvalue weighted by molar-refractivity contribution is 6.06. The first-order valence-electron chi connectivity index (χ1n) is 5.62. The molecule has 1 aromatic carbocycles. The van der Waals surface area contributed by atoms with Crippen molar-refractivity contribution in [3.05, 3.63) is 23.5 Å². The fourth-order valence-corrected chi connectivity index (χ4v) is 2.67. The number of nitrogens with two attached hydrogens (primary N) is 1. The molecule has 5 heteroatoms. The van der Waals surface area contributed by atoms with Crippen LogP contribution >= 0.6 is 0 Å². The van der Waals surface area contributed by atoms with E-state index in [0.29, 0.717) is 31.7 Å². The largest absolute Gasteiger partial charge is 0.396 e. The first-order valence-corrected chi connectivity index (χ1v) is 5.62. The van der Waals surface area contributed by atoms with Gasteiger partial charge in [0.25, 0.3) is 0 Å². The summed E-state index contributed by atoms with van der Waals surface area (Å²) in [6, 6.07) is 2.88. The van der Waals surface area contributed by atoms with E-state index in [1.165, 1.54) is 12.1 Å². The number of amides is 1. The zero-order valence-electron chi connectivity index (χ0n) is 9.25. The lowest BCUT2D eigenvalue weighted by Crippen LogP contribution is -2.40. The minimum Gasteiger partial charge on any atom is -0.396 e. The van der Waals surface area contributed by atoms with E-state index < -0.39 is 11.2 Å². The lowest BCUT2D eigenvalue weighted by molar-refractivity contribution is -0.124. The Hall–Kier alpha value is -1.62. The molecule has 0 radical (unpaired) electrons. The first-order chi connectivity index (χ1) is 8.13. The van der Waals surface area contributed by atoms with Gasteiger partial charge in [0.1, 0.15) is 5.82 Å². The van der Waals surface area contributed by atoms with Gasteiger partial charge in [-0.15, -0.1) is 0 Å². The van der Waals surface area contributed by atoms with E-state index in [2.05, 4.69) is 5.32 Å². The summed E-state index contributed by atoms with van der Waals surface area (Å²) in [5.74, 6) is -0.535. The zero-order valence-corrected chi connectivity index (χ0v) is 9.25. The summed E-state index contributed by atoms with van der Waals surface area (Å²) in [4.78, 5) is 12.1. The number of anilines is 2. The molecule has 0 aromatic heterocycles. The Morgan fingerprint density at radius 2 is 2.06 bits per heavy atom. The minimum atomic E-state index is -0.623. The van der Waals surface area contributed by atoms with Crippen molar-refractivity contribution in [3.63, 3.8) is 0 Å². The van der Waals surface area contributed by atoms with Crippen LogP contribution in [0.25, 0.3) is 0 Å². The van der Waals surface area contributed by atoms with Crippen LogP contribution in [0, 0.1) is 5.82 Å². The molecule has 2 heterocycles. The molecule has 90 valence electrons. The van der Waals surface area contributed by atoms with Crippen LogP contribution in [0.1, 0.15) is 18.4 Å². The molecule has 3 N–H and O–H groups in total. The molecule has 3 rings (SSSR count). The standard InChI is InChI=1S/C12H13FN2O2/c13-8-5-7-10(6-9(8)14)15-11(16)12(7)1-3-17-4-2-12/h5-6H,1-4,14H2,(H,15,16). The Kier molecular flexibility index (Phi) is 2.13. The molecule has 1 fully saturated rings.